The lowest BCUT2D eigenvalue weighted by Gasteiger charge is -2.19. The van der Waals surface area contributed by atoms with E-state index >= 15 is 0 Å². The van der Waals surface area contributed by atoms with Gasteiger partial charge in [-0.25, -0.2) is 0 Å². The summed E-state index contributed by atoms with van der Waals surface area (Å²) in [5.41, 5.74) is 2.67. The van der Waals surface area contributed by atoms with E-state index in [1.54, 1.807) is 0 Å². The van der Waals surface area contributed by atoms with Crippen LogP contribution in [0.3, 0.4) is 0 Å². The van der Waals surface area contributed by atoms with Crippen LogP contribution in [0.4, 0.5) is 5.69 Å². The fourth-order valence-electron chi connectivity index (χ4n) is 1.80. The third kappa shape index (κ3) is 2.65. The highest BCUT2D eigenvalue weighted by molar-refractivity contribution is 5.55. The molecule has 82 valence electrons. The molecular weight excluding hydrogens is 186 g/mol. The molecule has 0 aliphatic carbocycles. The van der Waals surface area contributed by atoms with Crippen LogP contribution in [0.2, 0.25) is 0 Å². The molecule has 0 aromatic heterocycles. The molecule has 0 saturated heterocycles. The number of anilines is 1. The minimum absolute atomic E-state index is 0.583. The maximum atomic E-state index is 5.71. The quantitative estimate of drug-likeness (QED) is 0.818. The van der Waals surface area contributed by atoms with Gasteiger partial charge in [0.05, 0.1) is 6.61 Å². The Kier molecular flexibility index (Phi) is 3.14. The third-order valence-electron chi connectivity index (χ3n) is 2.60. The molecule has 0 fully saturated rings. The smallest absolute Gasteiger partial charge is 0.119 e. The zero-order chi connectivity index (χ0) is 10.7. The van der Waals surface area contributed by atoms with Gasteiger partial charge in [0.15, 0.2) is 0 Å². The van der Waals surface area contributed by atoms with Crippen molar-refractivity contribution >= 4 is 5.69 Å². The Morgan fingerprint density at radius 1 is 1.40 bits per heavy atom. The fourth-order valence-corrected chi connectivity index (χ4v) is 1.80. The number of benzene rings is 1. The SMILES string of the molecule is CC(C)COc1ccc2c(c1)CCCN2. The van der Waals surface area contributed by atoms with Gasteiger partial charge in [-0.3, -0.25) is 0 Å². The van der Waals surface area contributed by atoms with Crippen LogP contribution in [0.15, 0.2) is 18.2 Å². The highest BCUT2D eigenvalue weighted by Crippen LogP contribution is 2.26. The Balaban J connectivity index is 2.07. The Bertz CT molecular complexity index is 333. The number of ether oxygens (including phenoxy) is 1. The fraction of sp³-hybridized carbons (Fsp3) is 0.538. The van der Waals surface area contributed by atoms with Gasteiger partial charge in [0.1, 0.15) is 5.75 Å². The summed E-state index contributed by atoms with van der Waals surface area (Å²) in [5, 5.41) is 3.40. The molecule has 2 rings (SSSR count). The maximum absolute atomic E-state index is 5.71. The Labute approximate surface area is 91.6 Å². The molecule has 1 aromatic rings. The Morgan fingerprint density at radius 2 is 2.27 bits per heavy atom. The lowest BCUT2D eigenvalue weighted by molar-refractivity contribution is 0.271. The van der Waals surface area contributed by atoms with E-state index in [2.05, 4.69) is 37.4 Å². The summed E-state index contributed by atoms with van der Waals surface area (Å²) in [6.45, 7) is 6.23. The second-order valence-corrected chi connectivity index (χ2v) is 4.55. The van der Waals surface area contributed by atoms with Gasteiger partial charge in [-0.05, 0) is 42.5 Å². The largest absolute Gasteiger partial charge is 0.493 e. The van der Waals surface area contributed by atoms with Crippen LogP contribution in [0.5, 0.6) is 5.75 Å². The summed E-state index contributed by atoms with van der Waals surface area (Å²) >= 11 is 0. The molecule has 0 spiro atoms. The summed E-state index contributed by atoms with van der Waals surface area (Å²) < 4.78 is 5.71. The zero-order valence-electron chi connectivity index (χ0n) is 9.55. The lowest BCUT2D eigenvalue weighted by Crippen LogP contribution is -2.12. The monoisotopic (exact) mass is 205 g/mol. The summed E-state index contributed by atoms with van der Waals surface area (Å²) in [6.07, 6.45) is 2.39. The molecule has 0 saturated carbocycles. The van der Waals surface area contributed by atoms with Crippen molar-refractivity contribution in [1.82, 2.24) is 0 Å². The average Bonchev–Trinajstić information content (AvgIpc) is 2.26. The van der Waals surface area contributed by atoms with Crippen molar-refractivity contribution in [1.29, 1.82) is 0 Å². The van der Waals surface area contributed by atoms with Crippen LogP contribution in [0.1, 0.15) is 25.8 Å². The summed E-state index contributed by atoms with van der Waals surface area (Å²) in [5.74, 6) is 1.59. The first-order valence-corrected chi connectivity index (χ1v) is 5.75. The van der Waals surface area contributed by atoms with E-state index < -0.39 is 0 Å². The molecule has 1 aromatic carbocycles. The van der Waals surface area contributed by atoms with Crippen LogP contribution >= 0.6 is 0 Å². The lowest BCUT2D eigenvalue weighted by atomic mass is 10.0. The Morgan fingerprint density at radius 3 is 3.07 bits per heavy atom. The van der Waals surface area contributed by atoms with Crippen LogP contribution in [0.25, 0.3) is 0 Å². The van der Waals surface area contributed by atoms with Gasteiger partial charge >= 0.3 is 0 Å². The number of nitrogens with one attached hydrogen (secondary N) is 1. The minimum Gasteiger partial charge on any atom is -0.493 e. The summed E-state index contributed by atoms with van der Waals surface area (Å²) in [7, 11) is 0. The summed E-state index contributed by atoms with van der Waals surface area (Å²) in [6, 6.07) is 6.35. The molecule has 0 bridgehead atoms. The van der Waals surface area contributed by atoms with Gasteiger partial charge < -0.3 is 10.1 Å². The van der Waals surface area contributed by atoms with Crippen LogP contribution in [-0.2, 0) is 6.42 Å². The average molecular weight is 205 g/mol. The van der Waals surface area contributed by atoms with E-state index in [4.69, 9.17) is 4.74 Å². The number of hydrogen-bond donors (Lipinski definition) is 1. The molecule has 2 heteroatoms. The second kappa shape index (κ2) is 4.56. The number of fused-ring (bicyclic) bond motifs is 1. The van der Waals surface area contributed by atoms with Gasteiger partial charge in [-0.2, -0.15) is 0 Å². The van der Waals surface area contributed by atoms with Crippen LogP contribution in [0, 0.1) is 5.92 Å². The molecule has 15 heavy (non-hydrogen) atoms. The first-order chi connectivity index (χ1) is 7.25. The third-order valence-corrected chi connectivity index (χ3v) is 2.60. The van der Waals surface area contributed by atoms with E-state index in [1.807, 2.05) is 0 Å². The molecular formula is C13H19NO. The van der Waals surface area contributed by atoms with Crippen molar-refractivity contribution < 1.29 is 4.74 Å². The van der Waals surface area contributed by atoms with E-state index in [0.717, 1.165) is 18.9 Å². The van der Waals surface area contributed by atoms with Crippen molar-refractivity contribution in [3.63, 3.8) is 0 Å². The normalized spacial score (nSPS) is 14.6. The van der Waals surface area contributed by atoms with Crippen molar-refractivity contribution in [2.45, 2.75) is 26.7 Å². The van der Waals surface area contributed by atoms with E-state index in [1.165, 1.54) is 24.1 Å². The molecule has 0 unspecified atom stereocenters. The van der Waals surface area contributed by atoms with Gasteiger partial charge in [-0.15, -0.1) is 0 Å². The van der Waals surface area contributed by atoms with Crippen LogP contribution < -0.4 is 10.1 Å². The molecule has 0 amide bonds. The number of hydrogen-bond acceptors (Lipinski definition) is 2. The van der Waals surface area contributed by atoms with E-state index in [0.29, 0.717) is 5.92 Å². The van der Waals surface area contributed by atoms with E-state index in [-0.39, 0.29) is 0 Å². The van der Waals surface area contributed by atoms with Gasteiger partial charge in [0, 0.05) is 12.2 Å². The van der Waals surface area contributed by atoms with Crippen LogP contribution in [-0.4, -0.2) is 13.2 Å². The van der Waals surface area contributed by atoms with Gasteiger partial charge in [0.25, 0.3) is 0 Å². The zero-order valence-corrected chi connectivity index (χ0v) is 9.55. The van der Waals surface area contributed by atoms with Gasteiger partial charge in [0.2, 0.25) is 0 Å². The predicted molar refractivity (Wildman–Crippen MR) is 63.6 cm³/mol. The van der Waals surface area contributed by atoms with E-state index in [9.17, 15) is 0 Å². The standard InChI is InChI=1S/C13H19NO/c1-10(2)9-15-12-5-6-13-11(8-12)4-3-7-14-13/h5-6,8,10,14H,3-4,7,9H2,1-2H3. The molecule has 2 nitrogen and oxygen atoms in total. The molecule has 1 heterocycles. The second-order valence-electron chi connectivity index (χ2n) is 4.55. The minimum atomic E-state index is 0.583. The summed E-state index contributed by atoms with van der Waals surface area (Å²) in [4.78, 5) is 0. The number of rotatable bonds is 3. The van der Waals surface area contributed by atoms with Crippen molar-refractivity contribution in [2.24, 2.45) is 5.92 Å². The molecule has 1 aliphatic heterocycles. The van der Waals surface area contributed by atoms with Gasteiger partial charge in [-0.1, -0.05) is 13.8 Å². The maximum Gasteiger partial charge on any atom is 0.119 e. The highest BCUT2D eigenvalue weighted by atomic mass is 16.5. The number of aryl methyl sites for hydroxylation is 1. The first-order valence-electron chi connectivity index (χ1n) is 5.75. The molecule has 1 N–H and O–H groups in total. The molecule has 0 radical (unpaired) electrons. The predicted octanol–water partition coefficient (Wildman–Crippen LogP) is 3.08. The van der Waals surface area contributed by atoms with Crippen molar-refractivity contribution in [3.05, 3.63) is 23.8 Å². The highest BCUT2D eigenvalue weighted by Gasteiger charge is 2.09. The van der Waals surface area contributed by atoms with Crippen molar-refractivity contribution in [3.8, 4) is 5.75 Å². The topological polar surface area (TPSA) is 21.3 Å². The molecule has 1 aliphatic rings. The Hall–Kier alpha value is -1.18. The first kappa shape index (κ1) is 10.3. The van der Waals surface area contributed by atoms with Crippen molar-refractivity contribution in [2.75, 3.05) is 18.5 Å². The molecule has 0 atom stereocenters.